The van der Waals surface area contributed by atoms with Crippen LogP contribution in [0.3, 0.4) is 0 Å². The van der Waals surface area contributed by atoms with Crippen molar-refractivity contribution in [3.8, 4) is 0 Å². The number of hydrogen-bond acceptors (Lipinski definition) is 3. The zero-order valence-electron chi connectivity index (χ0n) is 7.81. The molecular formula is C11H8ClNOS. The van der Waals surface area contributed by atoms with Gasteiger partial charge in [0.1, 0.15) is 0 Å². The molecule has 0 fully saturated rings. The third-order valence-electron chi connectivity index (χ3n) is 1.99. The Kier molecular flexibility index (Phi) is 3.14. The summed E-state index contributed by atoms with van der Waals surface area (Å²) >= 11 is 6.98. The van der Waals surface area contributed by atoms with Crippen LogP contribution in [-0.2, 0) is 6.42 Å². The van der Waals surface area contributed by atoms with E-state index in [1.54, 1.807) is 24.4 Å². The molecule has 0 spiro atoms. The van der Waals surface area contributed by atoms with E-state index >= 15 is 0 Å². The Balaban J connectivity index is 2.09. The molecule has 0 saturated carbocycles. The number of ketones is 1. The molecule has 0 radical (unpaired) electrons. The van der Waals surface area contributed by atoms with E-state index in [-0.39, 0.29) is 5.78 Å². The largest absolute Gasteiger partial charge is 0.293 e. The molecular weight excluding hydrogens is 230 g/mol. The molecule has 0 atom stereocenters. The topological polar surface area (TPSA) is 30.0 Å². The van der Waals surface area contributed by atoms with E-state index in [1.165, 1.54) is 11.5 Å². The van der Waals surface area contributed by atoms with Gasteiger partial charge in [-0.15, -0.1) is 0 Å². The molecule has 0 saturated heterocycles. The number of aromatic nitrogens is 1. The summed E-state index contributed by atoms with van der Waals surface area (Å²) < 4.78 is 3.90. The molecule has 1 aromatic heterocycles. The molecule has 0 aliphatic heterocycles. The van der Waals surface area contributed by atoms with Crippen LogP contribution in [0.2, 0.25) is 5.02 Å². The second kappa shape index (κ2) is 4.55. The monoisotopic (exact) mass is 237 g/mol. The van der Waals surface area contributed by atoms with Crippen molar-refractivity contribution >= 4 is 28.9 Å². The van der Waals surface area contributed by atoms with Crippen molar-refractivity contribution in [3.05, 3.63) is 52.0 Å². The number of rotatable bonds is 3. The van der Waals surface area contributed by atoms with Gasteiger partial charge in [-0.3, -0.25) is 4.79 Å². The van der Waals surface area contributed by atoms with Crippen LogP contribution in [0, 0.1) is 0 Å². The Hall–Kier alpha value is -1.19. The second-order valence-electron chi connectivity index (χ2n) is 3.10. The second-order valence-corrected chi connectivity index (χ2v) is 4.37. The van der Waals surface area contributed by atoms with Crippen molar-refractivity contribution in [2.45, 2.75) is 6.42 Å². The maximum Gasteiger partial charge on any atom is 0.178 e. The standard InChI is InChI=1S/C11H8ClNOS/c12-9-3-1-8(2-4-9)7-10(14)11-5-6-13-15-11/h1-6H,7H2. The summed E-state index contributed by atoms with van der Waals surface area (Å²) in [4.78, 5) is 12.4. The third kappa shape index (κ3) is 2.64. The Morgan fingerprint density at radius 1 is 1.27 bits per heavy atom. The summed E-state index contributed by atoms with van der Waals surface area (Å²) in [5.41, 5.74) is 0.970. The Bertz CT molecular complexity index is 450. The average molecular weight is 238 g/mol. The average Bonchev–Trinajstić information content (AvgIpc) is 2.74. The minimum atomic E-state index is 0.0971. The van der Waals surface area contributed by atoms with Gasteiger partial charge in [0, 0.05) is 17.6 Å². The highest BCUT2D eigenvalue weighted by Crippen LogP contribution is 2.13. The molecule has 0 N–H and O–H groups in total. The Morgan fingerprint density at radius 3 is 2.60 bits per heavy atom. The molecule has 1 heterocycles. The van der Waals surface area contributed by atoms with E-state index in [9.17, 15) is 4.79 Å². The van der Waals surface area contributed by atoms with Crippen molar-refractivity contribution in [2.24, 2.45) is 0 Å². The molecule has 0 aliphatic carbocycles. The van der Waals surface area contributed by atoms with Gasteiger partial charge >= 0.3 is 0 Å². The van der Waals surface area contributed by atoms with Gasteiger partial charge in [-0.1, -0.05) is 23.7 Å². The molecule has 2 rings (SSSR count). The molecule has 2 aromatic rings. The number of carbonyl (C=O) groups is 1. The highest BCUT2D eigenvalue weighted by atomic mass is 35.5. The quantitative estimate of drug-likeness (QED) is 0.768. The lowest BCUT2D eigenvalue weighted by Crippen LogP contribution is -2.00. The maximum absolute atomic E-state index is 11.7. The molecule has 4 heteroatoms. The minimum Gasteiger partial charge on any atom is -0.293 e. The molecule has 1 aromatic carbocycles. The molecule has 76 valence electrons. The summed E-state index contributed by atoms with van der Waals surface area (Å²) in [6.07, 6.45) is 2.04. The predicted octanol–water partition coefficient (Wildman–Crippen LogP) is 3.22. The van der Waals surface area contributed by atoms with Gasteiger partial charge in [-0.25, -0.2) is 4.37 Å². The molecule has 0 bridgehead atoms. The van der Waals surface area contributed by atoms with Crippen LogP contribution in [0.25, 0.3) is 0 Å². The smallest absolute Gasteiger partial charge is 0.178 e. The van der Waals surface area contributed by atoms with Crippen molar-refractivity contribution in [3.63, 3.8) is 0 Å². The van der Waals surface area contributed by atoms with Crippen molar-refractivity contribution in [2.75, 3.05) is 0 Å². The lowest BCUT2D eigenvalue weighted by Gasteiger charge is -1.98. The number of nitrogens with zero attached hydrogens (tertiary/aromatic N) is 1. The van der Waals surface area contributed by atoms with Crippen molar-refractivity contribution in [1.29, 1.82) is 0 Å². The first-order chi connectivity index (χ1) is 7.25. The fraction of sp³-hybridized carbons (Fsp3) is 0.0909. The van der Waals surface area contributed by atoms with Gasteiger partial charge in [-0.2, -0.15) is 0 Å². The van der Waals surface area contributed by atoms with Crippen LogP contribution in [0.15, 0.2) is 36.5 Å². The summed E-state index contributed by atoms with van der Waals surface area (Å²) in [5.74, 6) is 0.0971. The Labute approximate surface area is 96.7 Å². The summed E-state index contributed by atoms with van der Waals surface area (Å²) in [6, 6.07) is 9.04. The van der Waals surface area contributed by atoms with Gasteiger partial charge in [0.15, 0.2) is 5.78 Å². The van der Waals surface area contributed by atoms with Crippen LogP contribution >= 0.6 is 23.1 Å². The lowest BCUT2D eigenvalue weighted by molar-refractivity contribution is 0.0997. The first kappa shape index (κ1) is 10.3. The van der Waals surface area contributed by atoms with Crippen LogP contribution in [0.5, 0.6) is 0 Å². The van der Waals surface area contributed by atoms with Gasteiger partial charge in [0.2, 0.25) is 0 Å². The van der Waals surface area contributed by atoms with E-state index in [2.05, 4.69) is 4.37 Å². The van der Waals surface area contributed by atoms with E-state index in [0.29, 0.717) is 16.3 Å². The molecule has 0 amide bonds. The van der Waals surface area contributed by atoms with E-state index < -0.39 is 0 Å². The normalized spacial score (nSPS) is 10.2. The van der Waals surface area contributed by atoms with Gasteiger partial charge in [0.05, 0.1) is 4.88 Å². The van der Waals surface area contributed by atoms with E-state index in [0.717, 1.165) is 5.56 Å². The summed E-state index contributed by atoms with van der Waals surface area (Å²) in [6.45, 7) is 0. The van der Waals surface area contributed by atoms with Crippen molar-refractivity contribution in [1.82, 2.24) is 4.37 Å². The first-order valence-electron chi connectivity index (χ1n) is 4.44. The van der Waals surface area contributed by atoms with Gasteiger partial charge < -0.3 is 0 Å². The molecule has 2 nitrogen and oxygen atoms in total. The molecule has 0 aliphatic rings. The van der Waals surface area contributed by atoms with Crippen LogP contribution in [0.1, 0.15) is 15.2 Å². The van der Waals surface area contributed by atoms with Crippen LogP contribution in [0.4, 0.5) is 0 Å². The molecule has 0 unspecified atom stereocenters. The SMILES string of the molecule is O=C(Cc1ccc(Cl)cc1)c1ccns1. The number of Topliss-reactive ketones (excluding diaryl/α,β-unsaturated/α-hetero) is 1. The van der Waals surface area contributed by atoms with E-state index in [1.807, 2.05) is 12.1 Å². The summed E-state index contributed by atoms with van der Waals surface area (Å²) in [5, 5.41) is 0.684. The number of hydrogen-bond donors (Lipinski definition) is 0. The fourth-order valence-electron chi connectivity index (χ4n) is 1.23. The van der Waals surface area contributed by atoms with Gasteiger partial charge in [-0.05, 0) is 35.3 Å². The number of halogens is 1. The van der Waals surface area contributed by atoms with Crippen molar-refractivity contribution < 1.29 is 4.79 Å². The first-order valence-corrected chi connectivity index (χ1v) is 5.59. The van der Waals surface area contributed by atoms with Crippen LogP contribution in [-0.4, -0.2) is 10.2 Å². The van der Waals surface area contributed by atoms with Crippen LogP contribution < -0.4 is 0 Å². The number of carbonyl (C=O) groups excluding carboxylic acids is 1. The zero-order valence-corrected chi connectivity index (χ0v) is 9.39. The highest BCUT2D eigenvalue weighted by molar-refractivity contribution is 7.08. The van der Waals surface area contributed by atoms with Gasteiger partial charge in [0.25, 0.3) is 0 Å². The maximum atomic E-state index is 11.7. The molecule has 15 heavy (non-hydrogen) atoms. The fourth-order valence-corrected chi connectivity index (χ4v) is 1.89. The zero-order chi connectivity index (χ0) is 10.7. The highest BCUT2D eigenvalue weighted by Gasteiger charge is 2.08. The number of benzene rings is 1. The predicted molar refractivity (Wildman–Crippen MR) is 61.6 cm³/mol. The minimum absolute atomic E-state index is 0.0971. The Morgan fingerprint density at radius 2 is 2.00 bits per heavy atom. The third-order valence-corrected chi connectivity index (χ3v) is 3.03. The lowest BCUT2D eigenvalue weighted by atomic mass is 10.1. The van der Waals surface area contributed by atoms with E-state index in [4.69, 9.17) is 11.6 Å². The summed E-state index contributed by atoms with van der Waals surface area (Å²) in [7, 11) is 0.